The minimum atomic E-state index is -1.12. The fourth-order valence-electron chi connectivity index (χ4n) is 7.13. The first-order valence-electron chi connectivity index (χ1n) is 23.1. The van der Waals surface area contributed by atoms with Crippen molar-refractivity contribution in [3.63, 3.8) is 0 Å². The Hall–Kier alpha value is -1.67. The van der Waals surface area contributed by atoms with Gasteiger partial charge >= 0.3 is 11.9 Å². The number of rotatable bonds is 42. The van der Waals surface area contributed by atoms with Crippen molar-refractivity contribution in [2.75, 3.05) is 41.0 Å². The third-order valence-corrected chi connectivity index (χ3v) is 10.7. The molecule has 0 heterocycles. The lowest BCUT2D eigenvalue weighted by atomic mass is 10.0. The highest BCUT2D eigenvalue weighted by Crippen LogP contribution is 2.16. The first-order valence-corrected chi connectivity index (χ1v) is 23.1. The van der Waals surface area contributed by atoms with Gasteiger partial charge in [0.05, 0.1) is 40.3 Å². The normalized spacial score (nSPS) is 12.8. The molecule has 0 aromatic rings. The molecule has 0 aliphatic carbocycles. The molecule has 0 fully saturated rings. The number of quaternary nitrogens is 1. The van der Waals surface area contributed by atoms with E-state index in [4.69, 9.17) is 14.2 Å². The van der Waals surface area contributed by atoms with Gasteiger partial charge in [-0.05, 0) is 12.8 Å². The van der Waals surface area contributed by atoms with E-state index < -0.39 is 18.1 Å². The molecule has 54 heavy (non-hydrogen) atoms. The summed E-state index contributed by atoms with van der Waals surface area (Å²) in [6.07, 6.45) is 38.5. The van der Waals surface area contributed by atoms with Gasteiger partial charge in [0.1, 0.15) is 12.6 Å². The van der Waals surface area contributed by atoms with Crippen molar-refractivity contribution in [3.05, 3.63) is 0 Å². The van der Waals surface area contributed by atoms with Gasteiger partial charge < -0.3 is 28.6 Å². The van der Waals surface area contributed by atoms with Gasteiger partial charge in [-0.3, -0.25) is 9.59 Å². The van der Waals surface area contributed by atoms with Crippen molar-refractivity contribution in [2.24, 2.45) is 0 Å². The highest BCUT2D eigenvalue weighted by atomic mass is 16.6. The summed E-state index contributed by atoms with van der Waals surface area (Å²) >= 11 is 0. The SMILES string of the molecule is CCCCCCCCCCCCCCCCCCCCCCCC(=O)OCC(COCCC(C(=O)[O-])[N+](C)(C)C)OC(=O)CCCCCCCCCCC. The largest absolute Gasteiger partial charge is 0.544 e. The third-order valence-electron chi connectivity index (χ3n) is 10.7. The molecular weight excluding hydrogens is 679 g/mol. The van der Waals surface area contributed by atoms with Gasteiger partial charge in [-0.15, -0.1) is 0 Å². The fraction of sp³-hybridized carbons (Fsp3) is 0.935. The number of nitrogens with zero attached hydrogens (tertiary/aromatic N) is 1. The number of unbranched alkanes of at least 4 members (excludes halogenated alkanes) is 28. The van der Waals surface area contributed by atoms with E-state index in [1.165, 1.54) is 154 Å². The molecule has 0 amide bonds. The van der Waals surface area contributed by atoms with Gasteiger partial charge in [0.15, 0.2) is 6.10 Å². The summed E-state index contributed by atoms with van der Waals surface area (Å²) in [4.78, 5) is 36.7. The number of ether oxygens (including phenoxy) is 3. The maximum Gasteiger partial charge on any atom is 0.306 e. The predicted molar refractivity (Wildman–Crippen MR) is 222 cm³/mol. The van der Waals surface area contributed by atoms with E-state index in [9.17, 15) is 19.5 Å². The van der Waals surface area contributed by atoms with Crippen LogP contribution in [-0.2, 0) is 28.6 Å². The average molecular weight is 768 g/mol. The van der Waals surface area contributed by atoms with Crippen LogP contribution in [0.25, 0.3) is 0 Å². The Labute approximate surface area is 334 Å². The molecule has 2 unspecified atom stereocenters. The van der Waals surface area contributed by atoms with E-state index >= 15 is 0 Å². The third kappa shape index (κ3) is 36.0. The van der Waals surface area contributed by atoms with E-state index in [1.54, 1.807) is 21.1 Å². The smallest absolute Gasteiger partial charge is 0.306 e. The first kappa shape index (κ1) is 52.3. The zero-order chi connectivity index (χ0) is 40.0. The lowest BCUT2D eigenvalue weighted by Crippen LogP contribution is -2.55. The van der Waals surface area contributed by atoms with Crippen LogP contribution in [0.1, 0.15) is 226 Å². The molecule has 0 rings (SSSR count). The Bertz CT molecular complexity index is 858. The second-order valence-electron chi connectivity index (χ2n) is 17.0. The van der Waals surface area contributed by atoms with E-state index in [0.717, 1.165) is 38.5 Å². The Morgan fingerprint density at radius 1 is 0.481 bits per heavy atom. The number of likely N-dealkylation sites (N-methyl/N-ethyl adjacent to an activating group) is 1. The van der Waals surface area contributed by atoms with E-state index in [2.05, 4.69) is 13.8 Å². The molecule has 0 aromatic heterocycles. The van der Waals surface area contributed by atoms with Crippen molar-refractivity contribution in [1.82, 2.24) is 0 Å². The maximum atomic E-state index is 12.6. The van der Waals surface area contributed by atoms with Crippen molar-refractivity contribution >= 4 is 17.9 Å². The summed E-state index contributed by atoms with van der Waals surface area (Å²) in [7, 11) is 5.41. The molecule has 320 valence electrons. The number of carboxylic acids is 1. The lowest BCUT2D eigenvalue weighted by molar-refractivity contribution is -0.889. The number of carbonyl (C=O) groups is 3. The van der Waals surface area contributed by atoms with Crippen LogP contribution < -0.4 is 5.11 Å². The quantitative estimate of drug-likeness (QED) is 0.0346. The molecule has 0 saturated carbocycles. The summed E-state index contributed by atoms with van der Waals surface area (Å²) in [5.74, 6) is -1.72. The molecule has 0 radical (unpaired) electrons. The summed E-state index contributed by atoms with van der Waals surface area (Å²) in [5, 5.41) is 11.6. The summed E-state index contributed by atoms with van der Waals surface area (Å²) in [6.45, 7) is 4.68. The second-order valence-corrected chi connectivity index (χ2v) is 17.0. The minimum absolute atomic E-state index is 0.0487. The molecule has 0 N–H and O–H groups in total. The summed E-state index contributed by atoms with van der Waals surface area (Å²) < 4.78 is 17.1. The van der Waals surface area contributed by atoms with Crippen LogP contribution in [0, 0.1) is 0 Å². The van der Waals surface area contributed by atoms with Crippen LogP contribution in [0.4, 0.5) is 0 Å². The van der Waals surface area contributed by atoms with Crippen molar-refractivity contribution < 1.29 is 38.2 Å². The lowest BCUT2D eigenvalue weighted by Gasteiger charge is -2.34. The zero-order valence-electron chi connectivity index (χ0n) is 36.4. The van der Waals surface area contributed by atoms with Gasteiger partial charge in [0.25, 0.3) is 0 Å². The highest BCUT2D eigenvalue weighted by molar-refractivity contribution is 5.70. The first-order chi connectivity index (χ1) is 26.1. The molecule has 8 heteroatoms. The maximum absolute atomic E-state index is 12.6. The fourth-order valence-corrected chi connectivity index (χ4v) is 7.13. The van der Waals surface area contributed by atoms with Crippen LogP contribution >= 0.6 is 0 Å². The molecule has 0 bridgehead atoms. The van der Waals surface area contributed by atoms with Crippen LogP contribution in [0.2, 0.25) is 0 Å². The molecular formula is C46H89NO7. The monoisotopic (exact) mass is 768 g/mol. The van der Waals surface area contributed by atoms with Crippen molar-refractivity contribution in [2.45, 2.75) is 238 Å². The van der Waals surface area contributed by atoms with Gasteiger partial charge in [0.2, 0.25) is 0 Å². The molecule has 0 aromatic carbocycles. The van der Waals surface area contributed by atoms with Gasteiger partial charge in [-0.2, -0.15) is 0 Å². The molecule has 0 saturated heterocycles. The molecule has 0 spiro atoms. The van der Waals surface area contributed by atoms with E-state index in [1.807, 2.05) is 0 Å². The number of hydrogen-bond acceptors (Lipinski definition) is 7. The Morgan fingerprint density at radius 2 is 0.815 bits per heavy atom. The topological polar surface area (TPSA) is 102 Å². The second kappa shape index (κ2) is 38.2. The number of esters is 2. The summed E-state index contributed by atoms with van der Waals surface area (Å²) in [6, 6.07) is -0.718. The molecule has 0 aliphatic rings. The average Bonchev–Trinajstić information content (AvgIpc) is 3.12. The van der Waals surface area contributed by atoms with Crippen LogP contribution in [0.5, 0.6) is 0 Å². The van der Waals surface area contributed by atoms with Gasteiger partial charge in [-0.25, -0.2) is 0 Å². The van der Waals surface area contributed by atoms with Crippen molar-refractivity contribution in [1.29, 1.82) is 0 Å². The van der Waals surface area contributed by atoms with E-state index in [0.29, 0.717) is 12.8 Å². The number of hydrogen-bond donors (Lipinski definition) is 0. The number of carboxylic acid groups (broad SMARTS) is 1. The Balaban J connectivity index is 4.12. The highest BCUT2D eigenvalue weighted by Gasteiger charge is 2.25. The van der Waals surface area contributed by atoms with E-state index in [-0.39, 0.29) is 42.7 Å². The zero-order valence-corrected chi connectivity index (χ0v) is 36.4. The van der Waals surface area contributed by atoms with Crippen LogP contribution in [0.15, 0.2) is 0 Å². The Kier molecular flexibility index (Phi) is 37.0. The van der Waals surface area contributed by atoms with Gasteiger partial charge in [0, 0.05) is 19.3 Å². The Morgan fingerprint density at radius 3 is 1.15 bits per heavy atom. The van der Waals surface area contributed by atoms with Crippen LogP contribution in [0.3, 0.4) is 0 Å². The van der Waals surface area contributed by atoms with Crippen LogP contribution in [-0.4, -0.2) is 75.5 Å². The standard InChI is InChI=1S/C46H89NO7/c1-6-8-10-12-14-16-17-18-19-20-21-22-23-24-25-26-27-29-30-32-34-36-44(48)53-41-42(40-52-39-38-43(46(50)51)47(3,4)5)54-45(49)37-35-33-31-28-15-13-11-9-7-2/h42-43H,6-41H2,1-5H3. The molecule has 0 aliphatic heterocycles. The molecule has 2 atom stereocenters. The van der Waals surface area contributed by atoms with Crippen molar-refractivity contribution in [3.8, 4) is 0 Å². The number of carbonyl (C=O) groups excluding carboxylic acids is 3. The number of aliphatic carboxylic acids is 1. The van der Waals surface area contributed by atoms with Gasteiger partial charge in [-0.1, -0.05) is 194 Å². The minimum Gasteiger partial charge on any atom is -0.544 e. The summed E-state index contributed by atoms with van der Waals surface area (Å²) in [5.41, 5.74) is 0. The predicted octanol–water partition coefficient (Wildman–Crippen LogP) is 11.2. The molecule has 8 nitrogen and oxygen atoms in total.